The molecule has 0 spiro atoms. The molecule has 1 aromatic carbocycles. The molecule has 0 radical (unpaired) electrons. The molecule has 2 aliphatic heterocycles. The third kappa shape index (κ3) is 3.61. The summed E-state index contributed by atoms with van der Waals surface area (Å²) in [6.07, 6.45) is 0.782. The van der Waals surface area contributed by atoms with Crippen LogP contribution in [-0.2, 0) is 29.0 Å². The number of ether oxygens (including phenoxy) is 2. The molecule has 0 aliphatic carbocycles. The van der Waals surface area contributed by atoms with Crippen LogP contribution in [0.25, 0.3) is 20.4 Å². The first-order valence-corrected chi connectivity index (χ1v) is 12.6. The Balaban J connectivity index is 1.59. The summed E-state index contributed by atoms with van der Waals surface area (Å²) in [5.74, 6) is 1.83. The molecule has 4 aromatic rings. The van der Waals surface area contributed by atoms with Gasteiger partial charge in [0.15, 0.2) is 4.83 Å². The minimum Gasteiger partial charge on any atom is -0.373 e. The van der Waals surface area contributed by atoms with Crippen LogP contribution < -0.4 is 15.4 Å². The van der Waals surface area contributed by atoms with Crippen LogP contribution in [0.15, 0.2) is 35.1 Å². The molecule has 7 nitrogen and oxygen atoms in total. The Morgan fingerprint density at radius 1 is 1.15 bits per heavy atom. The van der Waals surface area contributed by atoms with Gasteiger partial charge in [0.05, 0.1) is 42.9 Å². The fraction of sp³-hybridized carbons (Fsp3) is 0.423. The summed E-state index contributed by atoms with van der Waals surface area (Å²) < 4.78 is 14.3. The lowest BCUT2D eigenvalue weighted by Gasteiger charge is -2.33. The number of anilines is 1. The Labute approximate surface area is 202 Å². The normalized spacial score (nSPS) is 17.9. The van der Waals surface area contributed by atoms with Gasteiger partial charge in [-0.05, 0) is 31.9 Å². The summed E-state index contributed by atoms with van der Waals surface area (Å²) in [7, 11) is 0. The molecule has 1 N–H and O–H groups in total. The highest BCUT2D eigenvalue weighted by atomic mass is 32.1. The minimum atomic E-state index is -0.269. The molecule has 0 amide bonds. The average Bonchev–Trinajstić information content (AvgIpc) is 3.20. The number of benzene rings is 1. The molecule has 5 heterocycles. The number of aromatic amines is 1. The quantitative estimate of drug-likeness (QED) is 0.452. The molecule has 3 aromatic heterocycles. The zero-order valence-corrected chi connectivity index (χ0v) is 20.6. The van der Waals surface area contributed by atoms with Crippen molar-refractivity contribution in [2.24, 2.45) is 0 Å². The zero-order valence-electron chi connectivity index (χ0n) is 19.8. The lowest BCUT2D eigenvalue weighted by atomic mass is 9.90. The maximum atomic E-state index is 13.7. The third-order valence-corrected chi connectivity index (χ3v) is 7.97. The number of thiophene rings is 1. The van der Waals surface area contributed by atoms with Gasteiger partial charge in [0, 0.05) is 6.42 Å². The Bertz CT molecular complexity index is 1450. The predicted octanol–water partition coefficient (Wildman–Crippen LogP) is 3.47. The molecular formula is C26H29N4O3S+. The molecule has 1 saturated heterocycles. The summed E-state index contributed by atoms with van der Waals surface area (Å²) in [4.78, 5) is 25.7. The topological polar surface area (TPSA) is 70.7 Å². The fourth-order valence-corrected chi connectivity index (χ4v) is 6.23. The van der Waals surface area contributed by atoms with Crippen LogP contribution in [-0.4, -0.2) is 41.5 Å². The van der Waals surface area contributed by atoms with Crippen molar-refractivity contribution < 1.29 is 14.5 Å². The number of hydrogen-bond donors (Lipinski definition) is 0. The molecule has 0 atom stereocenters. The fourth-order valence-electron chi connectivity index (χ4n) is 5.11. The number of aromatic nitrogens is 3. The Morgan fingerprint density at radius 3 is 2.68 bits per heavy atom. The second-order valence-electron chi connectivity index (χ2n) is 9.78. The van der Waals surface area contributed by atoms with Crippen LogP contribution in [0.4, 0.5) is 5.82 Å². The SMILES string of the molecule is Cc1nc2c(sc3[nH+]c(N4CCOCC4)c4c(c32)CC(C)(C)OC4)c(=O)n1Cc1ccccc1. The Hall–Kier alpha value is -2.81. The van der Waals surface area contributed by atoms with E-state index in [2.05, 4.69) is 23.7 Å². The van der Waals surface area contributed by atoms with Gasteiger partial charge < -0.3 is 9.47 Å². The molecule has 2 aliphatic rings. The highest BCUT2D eigenvalue weighted by Crippen LogP contribution is 2.40. The van der Waals surface area contributed by atoms with Crippen LogP contribution >= 0.6 is 11.3 Å². The van der Waals surface area contributed by atoms with Crippen LogP contribution in [0.3, 0.4) is 0 Å². The van der Waals surface area contributed by atoms with Crippen LogP contribution in [0.1, 0.15) is 36.4 Å². The average molecular weight is 478 g/mol. The number of fused-ring (bicyclic) bond motifs is 5. The first-order valence-electron chi connectivity index (χ1n) is 11.8. The standard InChI is InChI=1S/C26H28N4O3S/c1-16-27-21-20-18-13-26(2,3)33-15-19(18)23(29-9-11-32-12-10-29)28-24(20)34-22(21)25(31)30(16)14-17-7-5-4-6-8-17/h4-8H,9-15H2,1-3H3/p+1. The van der Waals surface area contributed by atoms with Crippen molar-refractivity contribution in [3.8, 4) is 0 Å². The van der Waals surface area contributed by atoms with E-state index in [1.54, 1.807) is 4.57 Å². The van der Waals surface area contributed by atoms with E-state index in [-0.39, 0.29) is 11.2 Å². The summed E-state index contributed by atoms with van der Waals surface area (Å²) >= 11 is 1.52. The Morgan fingerprint density at radius 2 is 1.91 bits per heavy atom. The van der Waals surface area contributed by atoms with Gasteiger partial charge in [-0.25, -0.2) is 9.97 Å². The van der Waals surface area contributed by atoms with Crippen molar-refractivity contribution in [1.82, 2.24) is 9.55 Å². The van der Waals surface area contributed by atoms with Crippen LogP contribution in [0.5, 0.6) is 0 Å². The van der Waals surface area contributed by atoms with Crippen molar-refractivity contribution in [2.75, 3.05) is 31.2 Å². The first kappa shape index (κ1) is 21.7. The largest absolute Gasteiger partial charge is 0.373 e. The van der Waals surface area contributed by atoms with Crippen molar-refractivity contribution in [3.63, 3.8) is 0 Å². The lowest BCUT2D eigenvalue weighted by molar-refractivity contribution is -0.329. The first-order chi connectivity index (χ1) is 16.4. The second kappa shape index (κ2) is 8.15. The zero-order chi connectivity index (χ0) is 23.4. The number of rotatable bonds is 3. The maximum absolute atomic E-state index is 13.7. The van der Waals surface area contributed by atoms with Gasteiger partial charge in [-0.2, -0.15) is 0 Å². The van der Waals surface area contributed by atoms with Crippen molar-refractivity contribution >= 4 is 37.6 Å². The van der Waals surface area contributed by atoms with Gasteiger partial charge in [-0.3, -0.25) is 14.3 Å². The van der Waals surface area contributed by atoms with Gasteiger partial charge in [-0.15, -0.1) is 0 Å². The van der Waals surface area contributed by atoms with E-state index < -0.39 is 0 Å². The second-order valence-corrected chi connectivity index (χ2v) is 10.8. The molecule has 0 saturated carbocycles. The van der Waals surface area contributed by atoms with Crippen molar-refractivity contribution in [1.29, 1.82) is 0 Å². The number of pyridine rings is 1. The minimum absolute atomic E-state index is 0.0222. The summed E-state index contributed by atoms with van der Waals surface area (Å²) in [5.41, 5.74) is 4.09. The van der Waals surface area contributed by atoms with E-state index in [4.69, 9.17) is 14.5 Å². The smallest absolute Gasteiger partial charge is 0.281 e. The molecule has 34 heavy (non-hydrogen) atoms. The molecular weight excluding hydrogens is 448 g/mol. The van der Waals surface area contributed by atoms with Crippen molar-refractivity contribution in [3.05, 3.63) is 63.2 Å². The van der Waals surface area contributed by atoms with E-state index in [9.17, 15) is 4.79 Å². The van der Waals surface area contributed by atoms with E-state index in [0.29, 0.717) is 31.1 Å². The van der Waals surface area contributed by atoms with Crippen LogP contribution in [0, 0.1) is 6.92 Å². The molecule has 176 valence electrons. The highest BCUT2D eigenvalue weighted by molar-refractivity contribution is 7.25. The lowest BCUT2D eigenvalue weighted by Crippen LogP contribution is -2.42. The third-order valence-electron chi connectivity index (χ3n) is 6.89. The van der Waals surface area contributed by atoms with E-state index in [0.717, 1.165) is 52.4 Å². The van der Waals surface area contributed by atoms with E-state index in [1.165, 1.54) is 22.5 Å². The number of nitrogens with zero attached hydrogens (tertiary/aromatic N) is 3. The van der Waals surface area contributed by atoms with Gasteiger partial charge in [0.1, 0.15) is 29.1 Å². The molecule has 0 bridgehead atoms. The van der Waals surface area contributed by atoms with Crippen molar-refractivity contribution in [2.45, 2.75) is 45.9 Å². The summed E-state index contributed by atoms with van der Waals surface area (Å²) in [6, 6.07) is 10.1. The number of H-pyrrole nitrogens is 1. The van der Waals surface area contributed by atoms with E-state index >= 15 is 0 Å². The van der Waals surface area contributed by atoms with Crippen LogP contribution in [0.2, 0.25) is 0 Å². The molecule has 1 fully saturated rings. The van der Waals surface area contributed by atoms with Gasteiger partial charge in [0.2, 0.25) is 0 Å². The molecule has 6 rings (SSSR count). The predicted molar refractivity (Wildman–Crippen MR) is 134 cm³/mol. The van der Waals surface area contributed by atoms with E-state index in [1.807, 2.05) is 37.3 Å². The highest BCUT2D eigenvalue weighted by Gasteiger charge is 2.36. The van der Waals surface area contributed by atoms with Gasteiger partial charge in [-0.1, -0.05) is 41.7 Å². The van der Waals surface area contributed by atoms with Gasteiger partial charge >= 0.3 is 0 Å². The molecule has 0 unspecified atom stereocenters. The maximum Gasteiger partial charge on any atom is 0.281 e. The Kier molecular flexibility index (Phi) is 5.20. The summed E-state index contributed by atoms with van der Waals surface area (Å²) in [5, 5.41) is 1.08. The monoisotopic (exact) mass is 477 g/mol. The number of aryl methyl sites for hydroxylation is 1. The number of morpholine rings is 1. The molecule has 8 heteroatoms. The number of nitrogens with one attached hydrogen (secondary N) is 1. The summed E-state index contributed by atoms with van der Waals surface area (Å²) in [6.45, 7) is 10.4. The van der Waals surface area contributed by atoms with Gasteiger partial charge in [0.25, 0.3) is 11.4 Å². The number of hydrogen-bond acceptors (Lipinski definition) is 6.